The molecule has 174 valence electrons. The van der Waals surface area contributed by atoms with Crippen LogP contribution in [0.2, 0.25) is 0 Å². The summed E-state index contributed by atoms with van der Waals surface area (Å²) in [6.45, 7) is 3.39. The van der Waals surface area contributed by atoms with Crippen molar-refractivity contribution < 1.29 is 23.8 Å². The van der Waals surface area contributed by atoms with Gasteiger partial charge in [0.25, 0.3) is 0 Å². The van der Waals surface area contributed by atoms with Crippen molar-refractivity contribution in [3.8, 4) is 11.5 Å². The summed E-state index contributed by atoms with van der Waals surface area (Å²) < 4.78 is 16.2. The van der Waals surface area contributed by atoms with Crippen molar-refractivity contribution in [3.05, 3.63) is 23.8 Å². The standard InChI is InChI=1S/C23H35ClN2O5/c1-4-31-14-8-13-26(21(27)16-24)22(23(28)25-18-9-6-5-7-10-18)17-11-12-19(29-2)20(15-17)30-3/h11-12,15,18,22H,4-10,13-14,16H2,1-3H3,(H,25,28)/t22-/m0/s1. The third-order valence-corrected chi connectivity index (χ3v) is 5.79. The van der Waals surface area contributed by atoms with Crippen LogP contribution in [0.1, 0.15) is 57.1 Å². The van der Waals surface area contributed by atoms with Gasteiger partial charge in [0, 0.05) is 25.8 Å². The molecule has 0 radical (unpaired) electrons. The first-order chi connectivity index (χ1) is 15.0. The van der Waals surface area contributed by atoms with Gasteiger partial charge < -0.3 is 24.4 Å². The Kier molecular flexibility index (Phi) is 10.9. The van der Waals surface area contributed by atoms with E-state index in [0.29, 0.717) is 43.2 Å². The molecule has 1 aliphatic carbocycles. The molecule has 1 saturated carbocycles. The maximum absolute atomic E-state index is 13.5. The minimum atomic E-state index is -0.811. The van der Waals surface area contributed by atoms with Gasteiger partial charge in [-0.25, -0.2) is 0 Å². The molecule has 0 unspecified atom stereocenters. The normalized spacial score (nSPS) is 15.2. The van der Waals surface area contributed by atoms with Crippen LogP contribution in [0, 0.1) is 0 Å². The molecular weight excluding hydrogens is 420 g/mol. The second-order valence-corrected chi connectivity index (χ2v) is 7.90. The Bertz CT molecular complexity index is 709. The minimum absolute atomic E-state index is 0.125. The number of hydrogen-bond donors (Lipinski definition) is 1. The largest absolute Gasteiger partial charge is 0.493 e. The van der Waals surface area contributed by atoms with Crippen LogP contribution in [-0.4, -0.2) is 62.6 Å². The zero-order valence-electron chi connectivity index (χ0n) is 18.8. The molecular formula is C23H35ClN2O5. The second kappa shape index (κ2) is 13.4. The van der Waals surface area contributed by atoms with Crippen LogP contribution in [0.3, 0.4) is 0 Å². The number of halogens is 1. The molecule has 7 nitrogen and oxygen atoms in total. The molecule has 1 fully saturated rings. The molecule has 8 heteroatoms. The van der Waals surface area contributed by atoms with E-state index in [4.69, 9.17) is 25.8 Å². The first-order valence-electron chi connectivity index (χ1n) is 11.0. The number of ether oxygens (including phenoxy) is 3. The third kappa shape index (κ3) is 7.28. The highest BCUT2D eigenvalue weighted by atomic mass is 35.5. The van der Waals surface area contributed by atoms with Gasteiger partial charge in [-0.1, -0.05) is 25.3 Å². The summed E-state index contributed by atoms with van der Waals surface area (Å²) in [4.78, 5) is 27.8. The zero-order chi connectivity index (χ0) is 22.6. The highest BCUT2D eigenvalue weighted by Crippen LogP contribution is 2.33. The maximum atomic E-state index is 13.5. The fourth-order valence-corrected chi connectivity index (χ4v) is 4.13. The van der Waals surface area contributed by atoms with Crippen LogP contribution in [0.15, 0.2) is 18.2 Å². The van der Waals surface area contributed by atoms with E-state index in [9.17, 15) is 9.59 Å². The number of hydrogen-bond acceptors (Lipinski definition) is 5. The average Bonchev–Trinajstić information content (AvgIpc) is 2.80. The Morgan fingerprint density at radius 1 is 1.16 bits per heavy atom. The quantitative estimate of drug-likeness (QED) is 0.385. The van der Waals surface area contributed by atoms with E-state index in [1.165, 1.54) is 6.42 Å². The lowest BCUT2D eigenvalue weighted by Crippen LogP contribution is -2.48. The van der Waals surface area contributed by atoms with Crippen molar-refractivity contribution in [2.45, 2.75) is 57.5 Å². The molecule has 0 aliphatic heterocycles. The van der Waals surface area contributed by atoms with Crippen LogP contribution in [0.25, 0.3) is 0 Å². The summed E-state index contributed by atoms with van der Waals surface area (Å²) in [5.74, 6) is 0.368. The van der Waals surface area contributed by atoms with Gasteiger partial charge in [-0.2, -0.15) is 0 Å². The molecule has 0 aromatic heterocycles. The Morgan fingerprint density at radius 2 is 1.87 bits per heavy atom. The summed E-state index contributed by atoms with van der Waals surface area (Å²) >= 11 is 5.92. The Hall–Kier alpha value is -1.99. The number of benzene rings is 1. The van der Waals surface area contributed by atoms with Crippen molar-refractivity contribution in [1.29, 1.82) is 0 Å². The van der Waals surface area contributed by atoms with Crippen LogP contribution in [0.5, 0.6) is 11.5 Å². The van der Waals surface area contributed by atoms with Gasteiger partial charge in [0.05, 0.1) is 14.2 Å². The van der Waals surface area contributed by atoms with E-state index in [1.54, 1.807) is 37.3 Å². The Morgan fingerprint density at radius 3 is 2.48 bits per heavy atom. The number of rotatable bonds is 12. The van der Waals surface area contributed by atoms with Gasteiger partial charge in [-0.15, -0.1) is 11.6 Å². The number of nitrogens with zero attached hydrogens (tertiary/aromatic N) is 1. The summed E-state index contributed by atoms with van der Waals surface area (Å²) in [7, 11) is 3.10. The molecule has 2 rings (SSSR count). The number of nitrogens with one attached hydrogen (secondary N) is 1. The minimum Gasteiger partial charge on any atom is -0.493 e. The average molecular weight is 455 g/mol. The van der Waals surface area contributed by atoms with Gasteiger partial charge in [-0.05, 0) is 43.9 Å². The number of methoxy groups -OCH3 is 2. The fraction of sp³-hybridized carbons (Fsp3) is 0.652. The molecule has 2 amide bonds. The van der Waals surface area contributed by atoms with Crippen molar-refractivity contribution in [2.75, 3.05) is 39.9 Å². The zero-order valence-corrected chi connectivity index (χ0v) is 19.6. The highest BCUT2D eigenvalue weighted by molar-refractivity contribution is 6.27. The topological polar surface area (TPSA) is 77.1 Å². The van der Waals surface area contributed by atoms with E-state index in [-0.39, 0.29) is 23.7 Å². The molecule has 1 aromatic rings. The van der Waals surface area contributed by atoms with Crippen LogP contribution < -0.4 is 14.8 Å². The molecule has 0 heterocycles. The lowest BCUT2D eigenvalue weighted by molar-refractivity contribution is -0.139. The highest BCUT2D eigenvalue weighted by Gasteiger charge is 2.33. The van der Waals surface area contributed by atoms with Gasteiger partial charge in [0.2, 0.25) is 11.8 Å². The monoisotopic (exact) mass is 454 g/mol. The van der Waals surface area contributed by atoms with Crippen molar-refractivity contribution >= 4 is 23.4 Å². The molecule has 1 atom stereocenters. The molecule has 0 bridgehead atoms. The number of alkyl halides is 1. The molecule has 1 aromatic carbocycles. The molecule has 0 saturated heterocycles. The first-order valence-corrected chi connectivity index (χ1v) is 11.5. The van der Waals surface area contributed by atoms with Gasteiger partial charge in [0.1, 0.15) is 11.9 Å². The van der Waals surface area contributed by atoms with E-state index < -0.39 is 6.04 Å². The number of carbonyl (C=O) groups excluding carboxylic acids is 2. The molecule has 31 heavy (non-hydrogen) atoms. The lowest BCUT2D eigenvalue weighted by Gasteiger charge is -2.33. The van der Waals surface area contributed by atoms with Gasteiger partial charge in [0.15, 0.2) is 11.5 Å². The van der Waals surface area contributed by atoms with E-state index >= 15 is 0 Å². The first kappa shape index (κ1) is 25.3. The Labute approximate surface area is 190 Å². The fourth-order valence-electron chi connectivity index (χ4n) is 3.98. The molecule has 1 N–H and O–H groups in total. The summed E-state index contributed by atoms with van der Waals surface area (Å²) in [5.41, 5.74) is 0.654. The smallest absolute Gasteiger partial charge is 0.247 e. The van der Waals surface area contributed by atoms with Crippen LogP contribution in [-0.2, 0) is 14.3 Å². The SMILES string of the molecule is CCOCCCN(C(=O)CCl)[C@H](C(=O)NC1CCCCC1)c1ccc(OC)c(OC)c1. The predicted octanol–water partition coefficient (Wildman–Crippen LogP) is 3.69. The van der Waals surface area contributed by atoms with Crippen LogP contribution >= 0.6 is 11.6 Å². The number of amides is 2. The summed E-state index contributed by atoms with van der Waals surface area (Å²) in [6, 6.07) is 4.61. The third-order valence-electron chi connectivity index (χ3n) is 5.56. The van der Waals surface area contributed by atoms with Crippen molar-refractivity contribution in [1.82, 2.24) is 10.2 Å². The van der Waals surface area contributed by atoms with Gasteiger partial charge >= 0.3 is 0 Å². The van der Waals surface area contributed by atoms with E-state index in [0.717, 1.165) is 25.7 Å². The van der Waals surface area contributed by atoms with Crippen molar-refractivity contribution in [3.63, 3.8) is 0 Å². The summed E-state index contributed by atoms with van der Waals surface area (Å²) in [5, 5.41) is 3.17. The van der Waals surface area contributed by atoms with Crippen molar-refractivity contribution in [2.24, 2.45) is 0 Å². The van der Waals surface area contributed by atoms with E-state index in [1.807, 2.05) is 6.92 Å². The van der Waals surface area contributed by atoms with E-state index in [2.05, 4.69) is 5.32 Å². The van der Waals surface area contributed by atoms with Gasteiger partial charge in [-0.3, -0.25) is 9.59 Å². The maximum Gasteiger partial charge on any atom is 0.247 e. The van der Waals surface area contributed by atoms with Crippen LogP contribution in [0.4, 0.5) is 0 Å². The Balaban J connectivity index is 2.35. The molecule has 1 aliphatic rings. The number of carbonyl (C=O) groups is 2. The lowest BCUT2D eigenvalue weighted by atomic mass is 9.94. The molecule has 0 spiro atoms. The summed E-state index contributed by atoms with van der Waals surface area (Å²) in [6.07, 6.45) is 5.92. The second-order valence-electron chi connectivity index (χ2n) is 7.63. The predicted molar refractivity (Wildman–Crippen MR) is 121 cm³/mol.